The molecule has 0 aliphatic heterocycles. The van der Waals surface area contributed by atoms with E-state index in [2.05, 4.69) is 50.4 Å². The minimum absolute atomic E-state index is 0.145. The van der Waals surface area contributed by atoms with Crippen molar-refractivity contribution in [2.24, 2.45) is 0 Å². The Labute approximate surface area is 92.6 Å². The van der Waals surface area contributed by atoms with Gasteiger partial charge in [-0.2, -0.15) is 0 Å². The average Bonchev–Trinajstić information content (AvgIpc) is 2.18. The van der Waals surface area contributed by atoms with E-state index in [9.17, 15) is 0 Å². The fourth-order valence-corrected chi connectivity index (χ4v) is 1.57. The molecule has 84 valence electrons. The van der Waals surface area contributed by atoms with Crippen molar-refractivity contribution >= 4 is 0 Å². The smallest absolute Gasteiger partial charge is 0.0961 e. The number of hydrogen-bond donors (Lipinski definition) is 1. The molecule has 1 aromatic carbocycles. The van der Waals surface area contributed by atoms with E-state index >= 15 is 0 Å². The molecule has 1 rings (SSSR count). The molecule has 0 fully saturated rings. The molecule has 2 heteroatoms. The van der Waals surface area contributed by atoms with Gasteiger partial charge in [-0.3, -0.25) is 5.32 Å². The number of ether oxygens (including phenoxy) is 1. The number of aryl methyl sites for hydroxylation is 1. The highest BCUT2D eigenvalue weighted by molar-refractivity contribution is 5.27. The third-order valence-corrected chi connectivity index (χ3v) is 2.65. The normalized spacial score (nSPS) is 11.7. The maximum atomic E-state index is 4.98. The van der Waals surface area contributed by atoms with Crippen LogP contribution in [0.2, 0.25) is 0 Å². The molecule has 15 heavy (non-hydrogen) atoms. The van der Waals surface area contributed by atoms with Crippen molar-refractivity contribution in [3.63, 3.8) is 0 Å². The van der Waals surface area contributed by atoms with E-state index < -0.39 is 0 Å². The fourth-order valence-electron chi connectivity index (χ4n) is 1.57. The molecule has 2 nitrogen and oxygen atoms in total. The highest BCUT2D eigenvalue weighted by Gasteiger charge is 2.19. The number of nitrogens with one attached hydrogen (secondary N) is 1. The summed E-state index contributed by atoms with van der Waals surface area (Å²) in [4.78, 5) is 0. The molecule has 1 N–H and O–H groups in total. The standard InChI is InChI=1S/C13H21NO/c1-11-5-7-12(8-6-11)13(2,3)9-14-10-15-4/h5-8,14H,9-10H2,1-4H3. The molecule has 0 spiro atoms. The number of hydrogen-bond acceptors (Lipinski definition) is 2. The van der Waals surface area contributed by atoms with Gasteiger partial charge in [0.1, 0.15) is 0 Å². The summed E-state index contributed by atoms with van der Waals surface area (Å²) in [7, 11) is 1.70. The van der Waals surface area contributed by atoms with Crippen LogP contribution in [-0.4, -0.2) is 20.4 Å². The van der Waals surface area contributed by atoms with Gasteiger partial charge in [0.25, 0.3) is 0 Å². The van der Waals surface area contributed by atoms with Crippen LogP contribution in [0.3, 0.4) is 0 Å². The SMILES string of the molecule is COCNCC(C)(C)c1ccc(C)cc1. The Hall–Kier alpha value is -0.860. The molecule has 1 aromatic rings. The third-order valence-electron chi connectivity index (χ3n) is 2.65. The molecule has 0 bridgehead atoms. The van der Waals surface area contributed by atoms with E-state index in [1.165, 1.54) is 11.1 Å². The summed E-state index contributed by atoms with van der Waals surface area (Å²) in [5.41, 5.74) is 2.81. The Morgan fingerprint density at radius 3 is 2.33 bits per heavy atom. The lowest BCUT2D eigenvalue weighted by Crippen LogP contribution is -2.33. The Morgan fingerprint density at radius 1 is 1.20 bits per heavy atom. The lowest BCUT2D eigenvalue weighted by atomic mass is 9.84. The highest BCUT2D eigenvalue weighted by atomic mass is 16.5. The zero-order chi connectivity index (χ0) is 11.3. The largest absolute Gasteiger partial charge is 0.370 e. The summed E-state index contributed by atoms with van der Waals surface area (Å²) in [5.74, 6) is 0. The first-order chi connectivity index (χ1) is 7.06. The fraction of sp³-hybridized carbons (Fsp3) is 0.538. The van der Waals surface area contributed by atoms with Crippen LogP contribution < -0.4 is 5.32 Å². The zero-order valence-corrected chi connectivity index (χ0v) is 10.1. The van der Waals surface area contributed by atoms with Gasteiger partial charge in [-0.1, -0.05) is 43.7 Å². The van der Waals surface area contributed by atoms with Gasteiger partial charge in [-0.05, 0) is 12.5 Å². The molecule has 0 aromatic heterocycles. The second kappa shape index (κ2) is 5.29. The van der Waals surface area contributed by atoms with Crippen LogP contribution in [0.1, 0.15) is 25.0 Å². The lowest BCUT2D eigenvalue weighted by Gasteiger charge is -2.25. The second-order valence-electron chi connectivity index (χ2n) is 4.61. The third kappa shape index (κ3) is 3.65. The number of benzene rings is 1. The molecule has 0 radical (unpaired) electrons. The molecule has 0 saturated heterocycles. The number of rotatable bonds is 5. The summed E-state index contributed by atoms with van der Waals surface area (Å²) in [6.45, 7) is 8.11. The van der Waals surface area contributed by atoms with Crippen molar-refractivity contribution in [2.75, 3.05) is 20.4 Å². The minimum Gasteiger partial charge on any atom is -0.370 e. The first-order valence-electron chi connectivity index (χ1n) is 5.33. The molecule has 0 atom stereocenters. The molecule has 0 heterocycles. The van der Waals surface area contributed by atoms with Gasteiger partial charge < -0.3 is 4.74 Å². The molecule has 0 aliphatic rings. The highest BCUT2D eigenvalue weighted by Crippen LogP contribution is 2.22. The van der Waals surface area contributed by atoms with E-state index in [4.69, 9.17) is 4.74 Å². The summed E-state index contributed by atoms with van der Waals surface area (Å²) < 4.78 is 4.98. The van der Waals surface area contributed by atoms with Crippen molar-refractivity contribution in [2.45, 2.75) is 26.2 Å². The summed E-state index contributed by atoms with van der Waals surface area (Å²) in [5, 5.41) is 3.27. The van der Waals surface area contributed by atoms with Gasteiger partial charge in [-0.15, -0.1) is 0 Å². The van der Waals surface area contributed by atoms with Crippen molar-refractivity contribution in [3.05, 3.63) is 35.4 Å². The molecular weight excluding hydrogens is 186 g/mol. The van der Waals surface area contributed by atoms with Crippen LogP contribution in [0.5, 0.6) is 0 Å². The predicted octanol–water partition coefficient (Wildman–Crippen LogP) is 2.47. The van der Waals surface area contributed by atoms with E-state index in [0.717, 1.165) is 6.54 Å². The van der Waals surface area contributed by atoms with E-state index in [1.807, 2.05) is 0 Å². The number of methoxy groups -OCH3 is 1. The first kappa shape index (κ1) is 12.2. The van der Waals surface area contributed by atoms with Gasteiger partial charge in [0.15, 0.2) is 0 Å². The monoisotopic (exact) mass is 207 g/mol. The maximum absolute atomic E-state index is 4.98. The van der Waals surface area contributed by atoms with E-state index in [1.54, 1.807) is 7.11 Å². The van der Waals surface area contributed by atoms with Crippen molar-refractivity contribution in [1.29, 1.82) is 0 Å². The average molecular weight is 207 g/mol. The zero-order valence-electron chi connectivity index (χ0n) is 10.1. The van der Waals surface area contributed by atoms with Crippen LogP contribution >= 0.6 is 0 Å². The van der Waals surface area contributed by atoms with Crippen LogP contribution in [0, 0.1) is 6.92 Å². The Bertz CT molecular complexity index is 290. The second-order valence-corrected chi connectivity index (χ2v) is 4.61. The van der Waals surface area contributed by atoms with Gasteiger partial charge in [-0.25, -0.2) is 0 Å². The topological polar surface area (TPSA) is 21.3 Å². The van der Waals surface area contributed by atoms with E-state index in [-0.39, 0.29) is 5.41 Å². The van der Waals surface area contributed by atoms with Gasteiger partial charge in [0, 0.05) is 19.1 Å². The van der Waals surface area contributed by atoms with Gasteiger partial charge in [0.05, 0.1) is 6.73 Å². The Morgan fingerprint density at radius 2 is 1.80 bits per heavy atom. The first-order valence-corrected chi connectivity index (χ1v) is 5.33. The summed E-state index contributed by atoms with van der Waals surface area (Å²) >= 11 is 0. The molecular formula is C13H21NO. The Kier molecular flexibility index (Phi) is 4.30. The van der Waals surface area contributed by atoms with Crippen molar-refractivity contribution < 1.29 is 4.74 Å². The van der Waals surface area contributed by atoms with Crippen LogP contribution in [0.25, 0.3) is 0 Å². The van der Waals surface area contributed by atoms with Crippen LogP contribution in [-0.2, 0) is 10.2 Å². The Balaban J connectivity index is 2.63. The minimum atomic E-state index is 0.145. The van der Waals surface area contributed by atoms with Gasteiger partial charge >= 0.3 is 0 Å². The van der Waals surface area contributed by atoms with Crippen molar-refractivity contribution in [1.82, 2.24) is 5.32 Å². The van der Waals surface area contributed by atoms with Crippen LogP contribution in [0.15, 0.2) is 24.3 Å². The summed E-state index contributed by atoms with van der Waals surface area (Å²) in [6, 6.07) is 8.72. The summed E-state index contributed by atoms with van der Waals surface area (Å²) in [6.07, 6.45) is 0. The van der Waals surface area contributed by atoms with Gasteiger partial charge in [0.2, 0.25) is 0 Å². The quantitative estimate of drug-likeness (QED) is 0.591. The molecule has 0 unspecified atom stereocenters. The predicted molar refractivity (Wildman–Crippen MR) is 64.1 cm³/mol. The molecule has 0 saturated carbocycles. The molecule has 0 amide bonds. The molecule has 0 aliphatic carbocycles. The van der Waals surface area contributed by atoms with Crippen molar-refractivity contribution in [3.8, 4) is 0 Å². The van der Waals surface area contributed by atoms with E-state index in [0.29, 0.717) is 6.73 Å². The maximum Gasteiger partial charge on any atom is 0.0961 e. The van der Waals surface area contributed by atoms with Crippen LogP contribution in [0.4, 0.5) is 0 Å². The lowest BCUT2D eigenvalue weighted by molar-refractivity contribution is 0.169.